The maximum absolute atomic E-state index is 6.26. The lowest BCUT2D eigenvalue weighted by molar-refractivity contribution is 0.271. The first kappa shape index (κ1) is 15.7. The van der Waals surface area contributed by atoms with Crippen molar-refractivity contribution >= 4 is 20.6 Å². The van der Waals surface area contributed by atoms with Crippen molar-refractivity contribution in [3.05, 3.63) is 34.9 Å². The van der Waals surface area contributed by atoms with Crippen LogP contribution >= 0.6 is 11.6 Å². The van der Waals surface area contributed by atoms with E-state index in [0.29, 0.717) is 6.61 Å². The van der Waals surface area contributed by atoms with E-state index in [4.69, 9.17) is 16.0 Å². The van der Waals surface area contributed by atoms with E-state index in [1.165, 1.54) is 5.56 Å². The van der Waals surface area contributed by atoms with Crippen molar-refractivity contribution in [2.45, 2.75) is 58.2 Å². The number of benzene rings is 1. The van der Waals surface area contributed by atoms with Crippen LogP contribution < -0.4 is 0 Å². The molecule has 1 aromatic rings. The monoisotopic (exact) mass is 283 g/mol. The molecule has 0 aliphatic heterocycles. The van der Waals surface area contributed by atoms with Crippen LogP contribution in [-0.4, -0.2) is 9.04 Å². The lowest BCUT2D eigenvalue weighted by Crippen LogP contribution is -2.38. The molecule has 18 heavy (non-hydrogen) atoms. The van der Waals surface area contributed by atoms with Crippen molar-refractivity contribution in [3.63, 3.8) is 0 Å². The average molecular weight is 284 g/mol. The van der Waals surface area contributed by atoms with Gasteiger partial charge in [-0.25, -0.2) is 0 Å². The Morgan fingerprint density at radius 2 is 1.39 bits per heavy atom. The SMILES string of the molecule is CC(C)(C)[Si](OCc1ccc(Cl)cc1)C(C)(C)C. The molecule has 3 heteroatoms. The van der Waals surface area contributed by atoms with E-state index in [9.17, 15) is 0 Å². The van der Waals surface area contributed by atoms with Gasteiger partial charge in [0.15, 0.2) is 0 Å². The molecule has 0 N–H and O–H groups in total. The molecule has 0 bridgehead atoms. The number of halogens is 1. The quantitative estimate of drug-likeness (QED) is 0.671. The molecule has 1 nitrogen and oxygen atoms in total. The summed E-state index contributed by atoms with van der Waals surface area (Å²) in [4.78, 5) is 0. The highest BCUT2D eigenvalue weighted by molar-refractivity contribution is 6.58. The minimum atomic E-state index is -0.916. The number of hydrogen-bond donors (Lipinski definition) is 0. The molecule has 1 rings (SSSR count). The first-order valence-electron chi connectivity index (χ1n) is 6.36. The third kappa shape index (κ3) is 4.75. The zero-order valence-corrected chi connectivity index (χ0v) is 14.1. The molecule has 0 aliphatic carbocycles. The fourth-order valence-electron chi connectivity index (χ4n) is 2.29. The highest BCUT2D eigenvalue weighted by atomic mass is 35.5. The Morgan fingerprint density at radius 1 is 0.944 bits per heavy atom. The van der Waals surface area contributed by atoms with Gasteiger partial charge in [0, 0.05) is 5.02 Å². The molecule has 1 aromatic carbocycles. The minimum Gasteiger partial charge on any atom is -0.411 e. The van der Waals surface area contributed by atoms with Crippen LogP contribution in [0.1, 0.15) is 47.1 Å². The molecule has 0 aromatic heterocycles. The summed E-state index contributed by atoms with van der Waals surface area (Å²) in [6.45, 7) is 14.3. The van der Waals surface area contributed by atoms with Crippen molar-refractivity contribution in [2.75, 3.05) is 0 Å². The third-order valence-electron chi connectivity index (χ3n) is 2.66. The van der Waals surface area contributed by atoms with E-state index in [1.54, 1.807) is 0 Å². The number of hydrogen-bond acceptors (Lipinski definition) is 1. The van der Waals surface area contributed by atoms with Crippen LogP contribution in [0.2, 0.25) is 15.1 Å². The maximum Gasteiger partial charge on any atom is 0.223 e. The molecule has 0 aliphatic rings. The van der Waals surface area contributed by atoms with Crippen LogP contribution in [0.3, 0.4) is 0 Å². The predicted octanol–water partition coefficient (Wildman–Crippen LogP) is 5.45. The molecule has 0 heterocycles. The van der Waals surface area contributed by atoms with Gasteiger partial charge < -0.3 is 4.43 Å². The Hall–Kier alpha value is -0.313. The zero-order chi connectivity index (χ0) is 14.0. The lowest BCUT2D eigenvalue weighted by Gasteiger charge is -2.37. The topological polar surface area (TPSA) is 9.23 Å². The van der Waals surface area contributed by atoms with Crippen LogP contribution in [-0.2, 0) is 11.0 Å². The summed E-state index contributed by atoms with van der Waals surface area (Å²) in [5.74, 6) is 0. The molecule has 0 fully saturated rings. The third-order valence-corrected chi connectivity index (χ3v) is 6.07. The van der Waals surface area contributed by atoms with Gasteiger partial charge in [-0.2, -0.15) is 0 Å². The second-order valence-electron chi connectivity index (χ2n) is 6.74. The van der Waals surface area contributed by atoms with E-state index in [-0.39, 0.29) is 10.1 Å². The van der Waals surface area contributed by atoms with Gasteiger partial charge in [-0.15, -0.1) is 0 Å². The summed E-state index contributed by atoms with van der Waals surface area (Å²) >= 11 is 5.89. The van der Waals surface area contributed by atoms with Crippen molar-refractivity contribution < 1.29 is 4.43 Å². The molecule has 0 saturated heterocycles. The molecule has 101 valence electrons. The predicted molar refractivity (Wildman–Crippen MR) is 81.4 cm³/mol. The second kappa shape index (κ2) is 5.77. The maximum atomic E-state index is 6.26. The molecular formula is C15H24ClOSi. The molecule has 0 saturated carbocycles. The summed E-state index contributed by atoms with van der Waals surface area (Å²) in [7, 11) is -0.916. The van der Waals surface area contributed by atoms with Gasteiger partial charge in [0.25, 0.3) is 0 Å². The van der Waals surface area contributed by atoms with Gasteiger partial charge in [-0.3, -0.25) is 0 Å². The Labute approximate surface area is 118 Å². The van der Waals surface area contributed by atoms with E-state index >= 15 is 0 Å². The smallest absolute Gasteiger partial charge is 0.223 e. The fraction of sp³-hybridized carbons (Fsp3) is 0.600. The van der Waals surface area contributed by atoms with Crippen LogP contribution in [0.25, 0.3) is 0 Å². The average Bonchev–Trinajstić information content (AvgIpc) is 2.17. The number of rotatable bonds is 3. The van der Waals surface area contributed by atoms with Gasteiger partial charge in [0.1, 0.15) is 0 Å². The highest BCUT2D eigenvalue weighted by Gasteiger charge is 2.39. The zero-order valence-electron chi connectivity index (χ0n) is 12.3. The Bertz CT molecular complexity index is 359. The van der Waals surface area contributed by atoms with Crippen LogP contribution in [0.4, 0.5) is 0 Å². The largest absolute Gasteiger partial charge is 0.411 e. The van der Waals surface area contributed by atoms with E-state index in [2.05, 4.69) is 41.5 Å². The molecule has 0 atom stereocenters. The van der Waals surface area contributed by atoms with Gasteiger partial charge in [0.2, 0.25) is 9.04 Å². The second-order valence-corrected chi connectivity index (χ2v) is 11.1. The molecule has 0 spiro atoms. The van der Waals surface area contributed by atoms with Gasteiger partial charge in [-0.1, -0.05) is 65.3 Å². The lowest BCUT2D eigenvalue weighted by atomic mass is 10.2. The molecule has 0 amide bonds. The standard InChI is InChI=1S/C15H24ClOSi/c1-14(2,3)18(15(4,5)6)17-11-12-7-9-13(16)10-8-12/h7-10H,11H2,1-6H3. The normalized spacial score (nSPS) is 13.1. The first-order chi connectivity index (χ1) is 8.10. The Morgan fingerprint density at radius 3 is 1.78 bits per heavy atom. The summed E-state index contributed by atoms with van der Waals surface area (Å²) in [5.41, 5.74) is 1.19. The van der Waals surface area contributed by atoms with Gasteiger partial charge in [-0.05, 0) is 27.8 Å². The summed E-state index contributed by atoms with van der Waals surface area (Å²) in [5, 5.41) is 1.24. The molecular weight excluding hydrogens is 260 g/mol. The van der Waals surface area contributed by atoms with Crippen molar-refractivity contribution in [2.24, 2.45) is 0 Å². The van der Waals surface area contributed by atoms with Crippen LogP contribution in [0.5, 0.6) is 0 Å². The van der Waals surface area contributed by atoms with Crippen molar-refractivity contribution in [3.8, 4) is 0 Å². The summed E-state index contributed by atoms with van der Waals surface area (Å²) in [6, 6.07) is 7.90. The molecule has 0 unspecified atom stereocenters. The highest BCUT2D eigenvalue weighted by Crippen LogP contribution is 2.42. The molecule has 1 radical (unpaired) electrons. The first-order valence-corrected chi connectivity index (χ1v) is 8.14. The van der Waals surface area contributed by atoms with E-state index in [1.807, 2.05) is 24.3 Å². The van der Waals surface area contributed by atoms with E-state index < -0.39 is 9.04 Å². The van der Waals surface area contributed by atoms with Crippen LogP contribution in [0.15, 0.2) is 24.3 Å². The minimum absolute atomic E-state index is 0.231. The van der Waals surface area contributed by atoms with Gasteiger partial charge >= 0.3 is 0 Å². The summed E-state index contributed by atoms with van der Waals surface area (Å²) in [6.07, 6.45) is 0. The van der Waals surface area contributed by atoms with Crippen molar-refractivity contribution in [1.82, 2.24) is 0 Å². The Balaban J connectivity index is 2.72. The van der Waals surface area contributed by atoms with E-state index in [0.717, 1.165) is 5.02 Å². The van der Waals surface area contributed by atoms with Gasteiger partial charge in [0.05, 0.1) is 6.61 Å². The fourth-order valence-corrected chi connectivity index (χ4v) is 5.85. The van der Waals surface area contributed by atoms with Crippen molar-refractivity contribution in [1.29, 1.82) is 0 Å². The van der Waals surface area contributed by atoms with Crippen LogP contribution in [0, 0.1) is 0 Å². The Kier molecular flexibility index (Phi) is 5.04. The summed E-state index contributed by atoms with van der Waals surface area (Å²) < 4.78 is 6.26.